The number of hydrogen-bond acceptors (Lipinski definition) is 3. The molecule has 1 rings (SSSR count). The van der Waals surface area contributed by atoms with E-state index in [9.17, 15) is 4.79 Å². The summed E-state index contributed by atoms with van der Waals surface area (Å²) in [6, 6.07) is 7.63. The first-order valence-corrected chi connectivity index (χ1v) is 5.41. The van der Waals surface area contributed by atoms with Crippen molar-refractivity contribution in [3.05, 3.63) is 47.0 Å². The van der Waals surface area contributed by atoms with Crippen LogP contribution in [0.2, 0.25) is 0 Å². The average molecular weight is 235 g/mol. The minimum Gasteiger partial charge on any atom is -0.478 e. The highest BCUT2D eigenvalue weighted by Gasteiger charge is 1.97. The molecular formula is C13H17NO3. The Kier molecular flexibility index (Phi) is 5.39. The predicted molar refractivity (Wildman–Crippen MR) is 65.5 cm³/mol. The SMILES string of the molecule is C/C(=C/C(=O)O)CNCc1cccc(CO)c1. The summed E-state index contributed by atoms with van der Waals surface area (Å²) in [4.78, 5) is 10.4. The zero-order valence-corrected chi connectivity index (χ0v) is 9.81. The van der Waals surface area contributed by atoms with Crippen molar-refractivity contribution in [2.75, 3.05) is 6.54 Å². The number of nitrogens with one attached hydrogen (secondary N) is 1. The number of rotatable bonds is 6. The third-order valence-corrected chi connectivity index (χ3v) is 2.28. The van der Waals surface area contributed by atoms with Gasteiger partial charge in [0.1, 0.15) is 0 Å². The van der Waals surface area contributed by atoms with Crippen LogP contribution >= 0.6 is 0 Å². The quantitative estimate of drug-likeness (QED) is 0.650. The van der Waals surface area contributed by atoms with Gasteiger partial charge in [0.2, 0.25) is 0 Å². The molecule has 0 aliphatic heterocycles. The number of hydrogen-bond donors (Lipinski definition) is 3. The minimum atomic E-state index is -0.924. The molecule has 0 atom stereocenters. The standard InChI is InChI=1S/C13H17NO3/c1-10(5-13(16)17)7-14-8-11-3-2-4-12(6-11)9-15/h2-6,14-15H,7-9H2,1H3,(H,16,17)/b10-5-. The lowest BCUT2D eigenvalue weighted by Gasteiger charge is -2.06. The maximum Gasteiger partial charge on any atom is 0.328 e. The number of carboxylic acids is 1. The summed E-state index contributed by atoms with van der Waals surface area (Å²) >= 11 is 0. The highest BCUT2D eigenvalue weighted by Crippen LogP contribution is 2.05. The molecule has 0 amide bonds. The molecule has 0 spiro atoms. The second kappa shape index (κ2) is 6.83. The van der Waals surface area contributed by atoms with E-state index in [1.54, 1.807) is 6.92 Å². The van der Waals surface area contributed by atoms with Crippen molar-refractivity contribution >= 4 is 5.97 Å². The molecule has 1 aromatic rings. The average Bonchev–Trinajstić information content (AvgIpc) is 2.28. The largest absolute Gasteiger partial charge is 0.478 e. The normalized spacial score (nSPS) is 11.5. The molecule has 0 aliphatic carbocycles. The molecule has 0 radical (unpaired) electrons. The van der Waals surface area contributed by atoms with Gasteiger partial charge in [0.15, 0.2) is 0 Å². The predicted octanol–water partition coefficient (Wildman–Crippen LogP) is 1.30. The van der Waals surface area contributed by atoms with Gasteiger partial charge in [-0.05, 0) is 18.1 Å². The molecule has 0 fully saturated rings. The molecule has 0 aromatic heterocycles. The minimum absolute atomic E-state index is 0.0335. The molecule has 92 valence electrons. The zero-order chi connectivity index (χ0) is 12.7. The van der Waals surface area contributed by atoms with Gasteiger partial charge < -0.3 is 15.5 Å². The van der Waals surface area contributed by atoms with Gasteiger partial charge in [-0.2, -0.15) is 0 Å². The van der Waals surface area contributed by atoms with Gasteiger partial charge in [0.05, 0.1) is 6.61 Å². The monoisotopic (exact) mass is 235 g/mol. The molecule has 0 bridgehead atoms. The van der Waals surface area contributed by atoms with Crippen LogP contribution in [0.3, 0.4) is 0 Å². The summed E-state index contributed by atoms with van der Waals surface area (Å²) in [5.74, 6) is -0.924. The van der Waals surface area contributed by atoms with Crippen LogP contribution in [0.25, 0.3) is 0 Å². The second-order valence-electron chi connectivity index (χ2n) is 3.91. The fourth-order valence-electron chi connectivity index (χ4n) is 1.50. The number of benzene rings is 1. The van der Waals surface area contributed by atoms with Crippen LogP contribution in [0.5, 0.6) is 0 Å². The molecule has 0 unspecified atom stereocenters. The van der Waals surface area contributed by atoms with Crippen molar-refractivity contribution in [3.8, 4) is 0 Å². The number of carbonyl (C=O) groups is 1. The molecule has 1 aromatic carbocycles. The Balaban J connectivity index is 2.43. The number of aliphatic carboxylic acids is 1. The van der Waals surface area contributed by atoms with E-state index >= 15 is 0 Å². The van der Waals surface area contributed by atoms with Crippen LogP contribution in [0.4, 0.5) is 0 Å². The third-order valence-electron chi connectivity index (χ3n) is 2.28. The van der Waals surface area contributed by atoms with Crippen molar-refractivity contribution in [2.45, 2.75) is 20.1 Å². The van der Waals surface area contributed by atoms with Crippen molar-refractivity contribution < 1.29 is 15.0 Å². The van der Waals surface area contributed by atoms with Gasteiger partial charge in [-0.1, -0.05) is 29.8 Å². The third kappa shape index (κ3) is 5.29. The topological polar surface area (TPSA) is 69.6 Å². The van der Waals surface area contributed by atoms with E-state index < -0.39 is 5.97 Å². The van der Waals surface area contributed by atoms with E-state index in [1.165, 1.54) is 6.08 Å². The first-order valence-electron chi connectivity index (χ1n) is 5.41. The molecule has 0 saturated heterocycles. The Morgan fingerprint density at radius 3 is 2.76 bits per heavy atom. The van der Waals surface area contributed by atoms with Gasteiger partial charge >= 0.3 is 5.97 Å². The summed E-state index contributed by atoms with van der Waals surface area (Å²) < 4.78 is 0. The molecule has 0 heterocycles. The van der Waals surface area contributed by atoms with Gasteiger partial charge in [0, 0.05) is 19.2 Å². The van der Waals surface area contributed by atoms with Crippen molar-refractivity contribution in [1.29, 1.82) is 0 Å². The molecule has 3 N–H and O–H groups in total. The lowest BCUT2D eigenvalue weighted by molar-refractivity contribution is -0.131. The summed E-state index contributed by atoms with van der Waals surface area (Å²) in [6.45, 7) is 2.99. The lowest BCUT2D eigenvalue weighted by atomic mass is 10.1. The van der Waals surface area contributed by atoms with Crippen LogP contribution in [-0.4, -0.2) is 22.7 Å². The van der Waals surface area contributed by atoms with Gasteiger partial charge in [0.25, 0.3) is 0 Å². The molecular weight excluding hydrogens is 218 g/mol. The first kappa shape index (κ1) is 13.4. The lowest BCUT2D eigenvalue weighted by Crippen LogP contribution is -2.16. The van der Waals surface area contributed by atoms with E-state index in [4.69, 9.17) is 10.2 Å². The van der Waals surface area contributed by atoms with Crippen LogP contribution < -0.4 is 5.32 Å². The first-order chi connectivity index (χ1) is 8.11. The number of aliphatic hydroxyl groups excluding tert-OH is 1. The molecule has 17 heavy (non-hydrogen) atoms. The van der Waals surface area contributed by atoms with E-state index in [2.05, 4.69) is 5.32 Å². The fourth-order valence-corrected chi connectivity index (χ4v) is 1.50. The van der Waals surface area contributed by atoms with Gasteiger partial charge in [-0.15, -0.1) is 0 Å². The highest BCUT2D eigenvalue weighted by molar-refractivity contribution is 5.80. The maximum atomic E-state index is 10.4. The van der Waals surface area contributed by atoms with E-state index in [0.717, 1.165) is 16.7 Å². The molecule has 4 heteroatoms. The fraction of sp³-hybridized carbons (Fsp3) is 0.308. The number of aliphatic hydroxyl groups is 1. The zero-order valence-electron chi connectivity index (χ0n) is 9.81. The Bertz CT molecular complexity index is 413. The Hall–Kier alpha value is -1.65. The number of carboxylic acid groups (broad SMARTS) is 1. The Morgan fingerprint density at radius 1 is 1.41 bits per heavy atom. The Labute approximate surface area is 101 Å². The maximum absolute atomic E-state index is 10.4. The van der Waals surface area contributed by atoms with Gasteiger partial charge in [-0.3, -0.25) is 0 Å². The molecule has 0 saturated carbocycles. The second-order valence-corrected chi connectivity index (χ2v) is 3.91. The Morgan fingerprint density at radius 2 is 2.12 bits per heavy atom. The van der Waals surface area contributed by atoms with Crippen molar-refractivity contribution in [3.63, 3.8) is 0 Å². The van der Waals surface area contributed by atoms with E-state index in [0.29, 0.717) is 13.1 Å². The molecule has 0 aliphatic rings. The summed E-state index contributed by atoms with van der Waals surface area (Å²) in [5, 5.41) is 20.7. The van der Waals surface area contributed by atoms with Crippen LogP contribution in [0.1, 0.15) is 18.1 Å². The van der Waals surface area contributed by atoms with Crippen LogP contribution in [0.15, 0.2) is 35.9 Å². The van der Waals surface area contributed by atoms with E-state index in [-0.39, 0.29) is 6.61 Å². The summed E-state index contributed by atoms with van der Waals surface area (Å²) in [5.41, 5.74) is 2.72. The van der Waals surface area contributed by atoms with Gasteiger partial charge in [-0.25, -0.2) is 4.79 Å². The molecule has 4 nitrogen and oxygen atoms in total. The van der Waals surface area contributed by atoms with Crippen molar-refractivity contribution in [1.82, 2.24) is 5.32 Å². The van der Waals surface area contributed by atoms with E-state index in [1.807, 2.05) is 24.3 Å². The summed E-state index contributed by atoms with van der Waals surface area (Å²) in [7, 11) is 0. The van der Waals surface area contributed by atoms with Crippen LogP contribution in [0, 0.1) is 0 Å². The summed E-state index contributed by atoms with van der Waals surface area (Å²) in [6.07, 6.45) is 1.19. The smallest absolute Gasteiger partial charge is 0.328 e. The van der Waals surface area contributed by atoms with Crippen molar-refractivity contribution in [2.24, 2.45) is 0 Å². The van der Waals surface area contributed by atoms with Crippen LogP contribution in [-0.2, 0) is 17.9 Å². The highest BCUT2D eigenvalue weighted by atomic mass is 16.4.